The van der Waals surface area contributed by atoms with Crippen molar-refractivity contribution in [2.45, 2.75) is 75.4 Å². The number of piperidine rings is 1. The van der Waals surface area contributed by atoms with Crippen molar-refractivity contribution in [1.29, 1.82) is 0 Å². The van der Waals surface area contributed by atoms with Crippen LogP contribution < -0.4 is 4.74 Å². The van der Waals surface area contributed by atoms with Gasteiger partial charge in [-0.25, -0.2) is 9.18 Å². The van der Waals surface area contributed by atoms with E-state index in [0.29, 0.717) is 31.4 Å². The van der Waals surface area contributed by atoms with E-state index in [9.17, 15) is 45.7 Å². The second-order valence-corrected chi connectivity index (χ2v) is 10.3. The van der Waals surface area contributed by atoms with Gasteiger partial charge in [-0.2, -0.15) is 26.3 Å². The van der Waals surface area contributed by atoms with E-state index < -0.39 is 47.6 Å². The maximum Gasteiger partial charge on any atom is 0.434 e. The Labute approximate surface area is 214 Å². The summed E-state index contributed by atoms with van der Waals surface area (Å²) in [5.74, 6) is -0.617. The molecule has 1 saturated carbocycles. The van der Waals surface area contributed by atoms with Crippen LogP contribution in [0.5, 0.6) is 5.75 Å². The molecule has 0 aromatic heterocycles. The minimum atomic E-state index is -5.79. The Hall–Kier alpha value is -2.32. The highest BCUT2D eigenvalue weighted by molar-refractivity contribution is 5.68. The Morgan fingerprint density at radius 2 is 1.61 bits per heavy atom. The van der Waals surface area contributed by atoms with Crippen LogP contribution >= 0.6 is 0 Å². The largest absolute Gasteiger partial charge is 0.489 e. The van der Waals surface area contributed by atoms with Gasteiger partial charge in [-0.1, -0.05) is 12.1 Å². The molecule has 2 N–H and O–H groups in total. The third-order valence-corrected chi connectivity index (χ3v) is 7.86. The fraction of sp³-hybridized carbons (Fsp3) is 0.708. The Morgan fingerprint density at radius 1 is 0.974 bits per heavy atom. The topological polar surface area (TPSA) is 82.5 Å². The molecule has 1 aromatic carbocycles. The van der Waals surface area contributed by atoms with Crippen LogP contribution in [-0.2, 0) is 11.3 Å². The lowest BCUT2D eigenvalue weighted by Gasteiger charge is -2.45. The van der Waals surface area contributed by atoms with Gasteiger partial charge in [0.15, 0.2) is 17.9 Å². The minimum absolute atomic E-state index is 0.00664. The lowest BCUT2D eigenvalue weighted by molar-refractivity contribution is -0.308. The summed E-state index contributed by atoms with van der Waals surface area (Å²) in [6, 6.07) is 4.43. The molecule has 7 nitrogen and oxygen atoms in total. The monoisotopic (exact) mass is 558 g/mol. The van der Waals surface area contributed by atoms with E-state index in [0.717, 1.165) is 11.3 Å². The summed E-state index contributed by atoms with van der Waals surface area (Å²) in [6.07, 6.45) is -15.9. The van der Waals surface area contributed by atoms with Gasteiger partial charge in [-0.15, -0.1) is 0 Å². The number of rotatable bonds is 7. The molecule has 2 saturated heterocycles. The molecule has 38 heavy (non-hydrogen) atoms. The predicted molar refractivity (Wildman–Crippen MR) is 117 cm³/mol. The second-order valence-electron chi connectivity index (χ2n) is 10.3. The number of alkyl halides is 6. The van der Waals surface area contributed by atoms with E-state index in [-0.39, 0.29) is 44.8 Å². The van der Waals surface area contributed by atoms with Crippen LogP contribution in [0.4, 0.5) is 35.5 Å². The van der Waals surface area contributed by atoms with E-state index in [1.165, 1.54) is 12.1 Å². The number of aliphatic hydroxyl groups is 2. The maximum absolute atomic E-state index is 14.7. The number of hydrogen-bond donors (Lipinski definition) is 2. The summed E-state index contributed by atoms with van der Waals surface area (Å²) in [6.45, 7) is 0.611. The first-order valence-corrected chi connectivity index (χ1v) is 12.3. The molecule has 1 aliphatic carbocycles. The molecular formula is C24H29F7N2O5. The van der Waals surface area contributed by atoms with Gasteiger partial charge >= 0.3 is 18.4 Å². The number of ether oxygens (including phenoxy) is 2. The molecule has 1 spiro atoms. The van der Waals surface area contributed by atoms with Crippen molar-refractivity contribution in [3.63, 3.8) is 0 Å². The number of halogens is 7. The number of amides is 1. The van der Waals surface area contributed by atoms with Crippen LogP contribution in [0.1, 0.15) is 44.1 Å². The van der Waals surface area contributed by atoms with Crippen LogP contribution in [0.25, 0.3) is 0 Å². The molecule has 0 bridgehead atoms. The standard InChI is InChI=1S/C24H29F7N2O5/c25-16-4-1-3-15(17(16)37-14-21(6-7-21)19(34)35)13-33-10-2-5-22(33)8-11-32(12-9-22)20(36)38-18(23(26,27)28)24(29,30)31/h1,3-4,18-19,34-35H,2,5-14H2. The van der Waals surface area contributed by atoms with Crippen molar-refractivity contribution in [2.24, 2.45) is 5.41 Å². The first-order valence-electron chi connectivity index (χ1n) is 12.3. The van der Waals surface area contributed by atoms with Crippen LogP contribution in [0.2, 0.25) is 0 Å². The molecule has 4 rings (SSSR count). The highest BCUT2D eigenvalue weighted by atomic mass is 19.4. The molecule has 3 aliphatic rings. The third kappa shape index (κ3) is 5.96. The van der Waals surface area contributed by atoms with Crippen molar-refractivity contribution in [1.82, 2.24) is 9.80 Å². The number of hydrogen-bond acceptors (Lipinski definition) is 6. The predicted octanol–water partition coefficient (Wildman–Crippen LogP) is 4.36. The van der Waals surface area contributed by atoms with E-state index in [4.69, 9.17) is 4.74 Å². The van der Waals surface area contributed by atoms with Crippen molar-refractivity contribution in [3.8, 4) is 5.75 Å². The highest BCUT2D eigenvalue weighted by Gasteiger charge is 2.60. The second kappa shape index (κ2) is 10.3. The van der Waals surface area contributed by atoms with Crippen LogP contribution in [0.15, 0.2) is 18.2 Å². The molecule has 1 amide bonds. The number of nitrogens with zero attached hydrogens (tertiary/aromatic N) is 2. The van der Waals surface area contributed by atoms with Gasteiger partial charge in [-0.3, -0.25) is 4.90 Å². The molecule has 2 aliphatic heterocycles. The van der Waals surface area contributed by atoms with Crippen molar-refractivity contribution in [2.75, 3.05) is 26.2 Å². The van der Waals surface area contributed by atoms with Crippen molar-refractivity contribution < 1.29 is 55.2 Å². The molecule has 214 valence electrons. The average Bonchev–Trinajstić information content (AvgIpc) is 3.53. The Kier molecular flexibility index (Phi) is 7.80. The molecule has 2 heterocycles. The summed E-state index contributed by atoms with van der Waals surface area (Å²) in [7, 11) is 0. The molecule has 0 atom stereocenters. The number of para-hydroxylation sites is 1. The fourth-order valence-corrected chi connectivity index (χ4v) is 5.31. The number of carbonyl (C=O) groups is 1. The zero-order valence-electron chi connectivity index (χ0n) is 20.3. The molecule has 1 aromatic rings. The molecule has 3 fully saturated rings. The normalized spacial score (nSPS) is 21.4. The molecule has 14 heteroatoms. The summed E-state index contributed by atoms with van der Waals surface area (Å²) in [4.78, 5) is 15.1. The smallest absolute Gasteiger partial charge is 0.434 e. The van der Waals surface area contributed by atoms with Crippen LogP contribution in [0.3, 0.4) is 0 Å². The van der Waals surface area contributed by atoms with E-state index in [1.54, 1.807) is 6.07 Å². The molecular weight excluding hydrogens is 529 g/mol. The van der Waals surface area contributed by atoms with E-state index >= 15 is 0 Å². The fourth-order valence-electron chi connectivity index (χ4n) is 5.31. The molecule has 0 unspecified atom stereocenters. The number of aliphatic hydroxyl groups excluding tert-OH is 1. The van der Waals surface area contributed by atoms with Gasteiger partial charge in [0.2, 0.25) is 0 Å². The van der Waals surface area contributed by atoms with Gasteiger partial charge in [0, 0.05) is 30.7 Å². The average molecular weight is 558 g/mol. The van der Waals surface area contributed by atoms with Gasteiger partial charge in [0.1, 0.15) is 0 Å². The summed E-state index contributed by atoms with van der Waals surface area (Å²) in [5.41, 5.74) is -0.783. The van der Waals surface area contributed by atoms with Gasteiger partial charge < -0.3 is 24.6 Å². The quantitative estimate of drug-likeness (QED) is 0.383. The SMILES string of the molecule is O=C(OC(C(F)(F)F)C(F)(F)F)N1CCC2(CCCN2Cc2cccc(F)c2OCC2(C(O)O)CC2)CC1. The molecule has 0 radical (unpaired) electrons. The Balaban J connectivity index is 1.41. The van der Waals surface area contributed by atoms with Gasteiger partial charge in [0.25, 0.3) is 6.10 Å². The highest BCUT2D eigenvalue weighted by Crippen LogP contribution is 2.49. The number of benzene rings is 1. The Morgan fingerprint density at radius 3 is 2.16 bits per heavy atom. The summed E-state index contributed by atoms with van der Waals surface area (Å²) in [5, 5.41) is 19.1. The zero-order chi connectivity index (χ0) is 27.9. The lowest BCUT2D eigenvalue weighted by atomic mass is 9.85. The van der Waals surface area contributed by atoms with Crippen molar-refractivity contribution in [3.05, 3.63) is 29.6 Å². The minimum Gasteiger partial charge on any atom is -0.489 e. The first kappa shape index (κ1) is 28.7. The lowest BCUT2D eigenvalue weighted by Crippen LogP contribution is -2.54. The third-order valence-electron chi connectivity index (χ3n) is 7.86. The maximum atomic E-state index is 14.7. The van der Waals surface area contributed by atoms with E-state index in [1.807, 2.05) is 0 Å². The Bertz CT molecular complexity index is 991. The van der Waals surface area contributed by atoms with Crippen LogP contribution in [-0.4, -0.2) is 82.6 Å². The van der Waals surface area contributed by atoms with Crippen LogP contribution in [0, 0.1) is 11.2 Å². The zero-order valence-corrected chi connectivity index (χ0v) is 20.3. The van der Waals surface area contributed by atoms with Gasteiger partial charge in [-0.05, 0) is 51.1 Å². The number of carbonyl (C=O) groups excluding carboxylic acids is 1. The van der Waals surface area contributed by atoms with Gasteiger partial charge in [0.05, 0.1) is 12.0 Å². The first-order chi connectivity index (χ1) is 17.7. The van der Waals surface area contributed by atoms with E-state index in [2.05, 4.69) is 9.64 Å². The summed E-state index contributed by atoms with van der Waals surface area (Å²) >= 11 is 0. The number of likely N-dealkylation sites (tertiary alicyclic amines) is 2. The summed E-state index contributed by atoms with van der Waals surface area (Å²) < 4.78 is 101. The van der Waals surface area contributed by atoms with Crippen molar-refractivity contribution >= 4 is 6.09 Å².